The minimum Gasteiger partial charge on any atom is -0.350 e. The lowest BCUT2D eigenvalue weighted by molar-refractivity contribution is -0.124. The molecule has 1 amide bonds. The highest BCUT2D eigenvalue weighted by molar-refractivity contribution is 5.81. The molecule has 2 N–H and O–H groups in total. The van der Waals surface area contributed by atoms with Gasteiger partial charge in [-0.25, -0.2) is 0 Å². The Morgan fingerprint density at radius 1 is 1.21 bits per heavy atom. The van der Waals surface area contributed by atoms with Gasteiger partial charge in [-0.05, 0) is 47.1 Å². The van der Waals surface area contributed by atoms with Gasteiger partial charge in [0.2, 0.25) is 5.91 Å². The van der Waals surface area contributed by atoms with Gasteiger partial charge in [0.15, 0.2) is 0 Å². The van der Waals surface area contributed by atoms with Crippen LogP contribution in [0.2, 0.25) is 0 Å². The summed E-state index contributed by atoms with van der Waals surface area (Å²) >= 11 is 0. The van der Waals surface area contributed by atoms with Crippen LogP contribution in [0, 0.1) is 6.92 Å². The monoisotopic (exact) mass is 262 g/mol. The smallest absolute Gasteiger partial charge is 0.237 e. The number of nitrogens with one attached hydrogen (secondary N) is 2. The van der Waals surface area contributed by atoms with Gasteiger partial charge >= 0.3 is 0 Å². The van der Waals surface area contributed by atoms with Crippen molar-refractivity contribution in [3.05, 3.63) is 35.4 Å². The van der Waals surface area contributed by atoms with Gasteiger partial charge in [0.25, 0.3) is 0 Å². The molecule has 1 aromatic rings. The third kappa shape index (κ3) is 5.43. The highest BCUT2D eigenvalue weighted by Gasteiger charge is 2.20. The predicted octanol–water partition coefficient (Wildman–Crippen LogP) is 2.95. The van der Waals surface area contributed by atoms with Crippen LogP contribution in [0.15, 0.2) is 24.3 Å². The molecule has 0 aromatic heterocycles. The lowest BCUT2D eigenvalue weighted by Gasteiger charge is -2.25. The maximum absolute atomic E-state index is 12.0. The molecule has 0 bridgehead atoms. The van der Waals surface area contributed by atoms with Crippen molar-refractivity contribution in [1.29, 1.82) is 0 Å². The Morgan fingerprint density at radius 2 is 1.84 bits per heavy atom. The molecule has 0 saturated carbocycles. The minimum absolute atomic E-state index is 0.0343. The molecule has 2 unspecified atom stereocenters. The molecule has 0 radical (unpaired) electrons. The van der Waals surface area contributed by atoms with Gasteiger partial charge in [-0.2, -0.15) is 0 Å². The molecule has 0 aliphatic heterocycles. The average Bonchev–Trinajstić information content (AvgIpc) is 2.26. The first kappa shape index (κ1) is 15.7. The van der Waals surface area contributed by atoms with E-state index >= 15 is 0 Å². The number of carbonyl (C=O) groups is 1. The Bertz CT molecular complexity index is 435. The summed E-state index contributed by atoms with van der Waals surface area (Å²) in [6, 6.07) is 8.29. The first-order valence-corrected chi connectivity index (χ1v) is 6.83. The van der Waals surface area contributed by atoms with E-state index in [0.29, 0.717) is 0 Å². The third-order valence-electron chi connectivity index (χ3n) is 2.93. The molecule has 0 spiro atoms. The van der Waals surface area contributed by atoms with E-state index in [1.54, 1.807) is 0 Å². The van der Waals surface area contributed by atoms with E-state index in [0.717, 1.165) is 0 Å². The van der Waals surface area contributed by atoms with E-state index < -0.39 is 0 Å². The van der Waals surface area contributed by atoms with Crippen LogP contribution in [0.4, 0.5) is 0 Å². The maximum atomic E-state index is 12.0. The van der Waals surface area contributed by atoms with E-state index in [9.17, 15) is 4.79 Å². The maximum Gasteiger partial charge on any atom is 0.237 e. The highest BCUT2D eigenvalue weighted by atomic mass is 16.2. The Balaban J connectivity index is 2.61. The Labute approximate surface area is 116 Å². The number of rotatable bonds is 4. The fourth-order valence-corrected chi connectivity index (χ4v) is 1.96. The summed E-state index contributed by atoms with van der Waals surface area (Å²) in [4.78, 5) is 12.0. The number of benzene rings is 1. The Hall–Kier alpha value is -1.35. The van der Waals surface area contributed by atoms with Crippen LogP contribution >= 0.6 is 0 Å². The number of hydrogen-bond acceptors (Lipinski definition) is 2. The lowest BCUT2D eigenvalue weighted by Crippen LogP contribution is -2.49. The third-order valence-corrected chi connectivity index (χ3v) is 2.93. The van der Waals surface area contributed by atoms with Crippen molar-refractivity contribution in [3.8, 4) is 0 Å². The van der Waals surface area contributed by atoms with Gasteiger partial charge in [-0.1, -0.05) is 29.8 Å². The van der Waals surface area contributed by atoms with Crippen LogP contribution in [-0.4, -0.2) is 17.5 Å². The minimum atomic E-state index is -0.213. The average molecular weight is 262 g/mol. The molecule has 0 fully saturated rings. The molecule has 1 rings (SSSR count). The summed E-state index contributed by atoms with van der Waals surface area (Å²) in [7, 11) is 0. The number of aryl methyl sites for hydroxylation is 1. The van der Waals surface area contributed by atoms with Gasteiger partial charge in [-0.15, -0.1) is 0 Å². The molecule has 1 aromatic carbocycles. The second-order valence-electron chi connectivity index (χ2n) is 6.26. The van der Waals surface area contributed by atoms with E-state index in [1.807, 2.05) is 33.8 Å². The normalized spacial score (nSPS) is 14.8. The second-order valence-corrected chi connectivity index (χ2v) is 6.26. The van der Waals surface area contributed by atoms with Crippen molar-refractivity contribution in [2.75, 3.05) is 0 Å². The van der Waals surface area contributed by atoms with Crippen LogP contribution in [0.1, 0.15) is 51.8 Å². The van der Waals surface area contributed by atoms with Gasteiger partial charge in [0, 0.05) is 11.6 Å². The largest absolute Gasteiger partial charge is 0.350 e. The van der Waals surface area contributed by atoms with Gasteiger partial charge in [0.1, 0.15) is 0 Å². The van der Waals surface area contributed by atoms with Crippen LogP contribution in [0.25, 0.3) is 0 Å². The molecular formula is C16H26N2O. The van der Waals surface area contributed by atoms with Crippen molar-refractivity contribution in [1.82, 2.24) is 10.6 Å². The molecule has 2 atom stereocenters. The zero-order chi connectivity index (χ0) is 14.6. The first-order chi connectivity index (χ1) is 8.69. The predicted molar refractivity (Wildman–Crippen MR) is 80.1 cm³/mol. The number of amides is 1. The van der Waals surface area contributed by atoms with Crippen molar-refractivity contribution in [2.45, 2.75) is 59.2 Å². The molecule has 0 heterocycles. The summed E-state index contributed by atoms with van der Waals surface area (Å²) in [5, 5.41) is 6.32. The van der Waals surface area contributed by atoms with Crippen LogP contribution in [0.5, 0.6) is 0 Å². The van der Waals surface area contributed by atoms with Crippen LogP contribution in [-0.2, 0) is 4.79 Å². The Kier molecular flexibility index (Phi) is 5.12. The van der Waals surface area contributed by atoms with E-state index in [2.05, 4.69) is 42.7 Å². The quantitative estimate of drug-likeness (QED) is 0.876. The van der Waals surface area contributed by atoms with Crippen molar-refractivity contribution in [3.63, 3.8) is 0 Å². The topological polar surface area (TPSA) is 41.1 Å². The molecule has 106 valence electrons. The van der Waals surface area contributed by atoms with Crippen LogP contribution in [0.3, 0.4) is 0 Å². The summed E-state index contributed by atoms with van der Waals surface area (Å²) in [6.45, 7) is 12.0. The SMILES string of the molecule is Cc1cccc(C(C)NC(C)C(=O)NC(C)(C)C)c1. The number of carbonyl (C=O) groups excluding carboxylic acids is 1. The van der Waals surface area contributed by atoms with Crippen molar-refractivity contribution >= 4 is 5.91 Å². The van der Waals surface area contributed by atoms with Crippen molar-refractivity contribution in [2.24, 2.45) is 0 Å². The molecule has 0 aliphatic carbocycles. The summed E-state index contributed by atoms with van der Waals surface area (Å²) in [6.07, 6.45) is 0. The van der Waals surface area contributed by atoms with Crippen molar-refractivity contribution < 1.29 is 4.79 Å². The standard InChI is InChI=1S/C16H26N2O/c1-11-8-7-9-14(10-11)12(2)17-13(3)15(19)18-16(4,5)6/h7-10,12-13,17H,1-6H3,(H,18,19). The zero-order valence-electron chi connectivity index (χ0n) is 12.9. The molecule has 0 saturated heterocycles. The van der Waals surface area contributed by atoms with E-state index in [4.69, 9.17) is 0 Å². The zero-order valence-corrected chi connectivity index (χ0v) is 12.9. The Morgan fingerprint density at radius 3 is 2.37 bits per heavy atom. The fraction of sp³-hybridized carbons (Fsp3) is 0.562. The van der Waals surface area contributed by atoms with Gasteiger partial charge in [-0.3, -0.25) is 10.1 Å². The number of hydrogen-bond donors (Lipinski definition) is 2. The first-order valence-electron chi connectivity index (χ1n) is 6.83. The molecule has 19 heavy (non-hydrogen) atoms. The lowest BCUT2D eigenvalue weighted by atomic mass is 10.0. The summed E-state index contributed by atoms with van der Waals surface area (Å²) in [5.41, 5.74) is 2.24. The highest BCUT2D eigenvalue weighted by Crippen LogP contribution is 2.14. The molecule has 3 heteroatoms. The summed E-state index contributed by atoms with van der Waals surface area (Å²) in [5.74, 6) is 0.0343. The van der Waals surface area contributed by atoms with Gasteiger partial charge in [0.05, 0.1) is 6.04 Å². The fourth-order valence-electron chi connectivity index (χ4n) is 1.96. The van der Waals surface area contributed by atoms with E-state index in [-0.39, 0.29) is 23.5 Å². The van der Waals surface area contributed by atoms with Crippen LogP contribution < -0.4 is 10.6 Å². The second kappa shape index (κ2) is 6.20. The summed E-state index contributed by atoms with van der Waals surface area (Å²) < 4.78 is 0. The van der Waals surface area contributed by atoms with Gasteiger partial charge < -0.3 is 5.32 Å². The molecule has 3 nitrogen and oxygen atoms in total. The van der Waals surface area contributed by atoms with E-state index in [1.165, 1.54) is 11.1 Å². The molecule has 0 aliphatic rings. The molecular weight excluding hydrogens is 236 g/mol.